The maximum atomic E-state index is 13.0. The molecule has 0 spiro atoms. The number of aliphatic hydroxyl groups excluding tert-OH is 1. The van der Waals surface area contributed by atoms with E-state index in [4.69, 9.17) is 23.2 Å². The van der Waals surface area contributed by atoms with Crippen LogP contribution in [0.25, 0.3) is 0 Å². The maximum Gasteiger partial charge on any atom is 0.141 e. The van der Waals surface area contributed by atoms with Crippen molar-refractivity contribution in [1.82, 2.24) is 4.98 Å². The average molecular weight is 272 g/mol. The summed E-state index contributed by atoms with van der Waals surface area (Å²) in [6.07, 6.45) is 1.49. The molecule has 0 radical (unpaired) electrons. The van der Waals surface area contributed by atoms with Crippen molar-refractivity contribution in [2.45, 2.75) is 6.10 Å². The van der Waals surface area contributed by atoms with Crippen LogP contribution in [0, 0.1) is 5.82 Å². The first-order chi connectivity index (χ1) is 8.08. The lowest BCUT2D eigenvalue weighted by molar-refractivity contribution is 0.219. The zero-order valence-electron chi connectivity index (χ0n) is 8.57. The van der Waals surface area contributed by atoms with Crippen LogP contribution in [0.2, 0.25) is 10.0 Å². The summed E-state index contributed by atoms with van der Waals surface area (Å²) in [5.41, 5.74) is 0.898. The highest BCUT2D eigenvalue weighted by molar-refractivity contribution is 6.42. The minimum absolute atomic E-state index is 0.340. The lowest BCUT2D eigenvalue weighted by Gasteiger charge is -2.11. The first kappa shape index (κ1) is 12.3. The maximum absolute atomic E-state index is 13.0. The van der Waals surface area contributed by atoms with E-state index in [1.54, 1.807) is 18.2 Å². The van der Waals surface area contributed by atoms with Crippen molar-refractivity contribution in [3.8, 4) is 0 Å². The molecule has 1 atom stereocenters. The van der Waals surface area contributed by atoms with Gasteiger partial charge in [-0.25, -0.2) is 4.39 Å². The number of rotatable bonds is 2. The van der Waals surface area contributed by atoms with Crippen molar-refractivity contribution < 1.29 is 9.50 Å². The van der Waals surface area contributed by atoms with Gasteiger partial charge in [0.25, 0.3) is 0 Å². The number of aromatic nitrogens is 1. The number of benzene rings is 1. The van der Waals surface area contributed by atoms with Gasteiger partial charge in [0.1, 0.15) is 11.9 Å². The highest BCUT2D eigenvalue weighted by atomic mass is 35.5. The van der Waals surface area contributed by atoms with E-state index in [0.29, 0.717) is 21.2 Å². The molecule has 88 valence electrons. The fourth-order valence-electron chi connectivity index (χ4n) is 1.45. The van der Waals surface area contributed by atoms with Crippen molar-refractivity contribution in [2.75, 3.05) is 0 Å². The molecule has 5 heteroatoms. The molecule has 0 aliphatic rings. The Bertz CT molecular complexity index is 548. The molecule has 1 heterocycles. The fourth-order valence-corrected chi connectivity index (χ4v) is 1.76. The van der Waals surface area contributed by atoms with Crippen molar-refractivity contribution in [3.05, 3.63) is 63.6 Å². The summed E-state index contributed by atoms with van der Waals surface area (Å²) in [6.45, 7) is 0. The molecule has 0 amide bonds. The Kier molecular flexibility index (Phi) is 3.62. The zero-order valence-corrected chi connectivity index (χ0v) is 10.1. The minimum atomic E-state index is -0.979. The van der Waals surface area contributed by atoms with Crippen molar-refractivity contribution in [3.63, 3.8) is 0 Å². The van der Waals surface area contributed by atoms with E-state index in [-0.39, 0.29) is 0 Å². The molecule has 1 aromatic carbocycles. The summed E-state index contributed by atoms with van der Waals surface area (Å²) in [5, 5.41) is 10.8. The lowest BCUT2D eigenvalue weighted by Crippen LogP contribution is -2.00. The van der Waals surface area contributed by atoms with Gasteiger partial charge in [-0.05, 0) is 23.8 Å². The van der Waals surface area contributed by atoms with Crippen LogP contribution in [-0.4, -0.2) is 10.1 Å². The molecule has 17 heavy (non-hydrogen) atoms. The van der Waals surface area contributed by atoms with E-state index in [9.17, 15) is 9.50 Å². The van der Waals surface area contributed by atoms with Crippen LogP contribution in [0.3, 0.4) is 0 Å². The predicted octanol–water partition coefficient (Wildman–Crippen LogP) is 3.61. The molecule has 0 saturated heterocycles. The first-order valence-electron chi connectivity index (χ1n) is 4.81. The monoisotopic (exact) mass is 271 g/mol. The molecule has 2 rings (SSSR count). The largest absolute Gasteiger partial charge is 0.384 e. The van der Waals surface area contributed by atoms with Gasteiger partial charge in [-0.1, -0.05) is 29.3 Å². The minimum Gasteiger partial charge on any atom is -0.384 e. The highest BCUT2D eigenvalue weighted by Crippen LogP contribution is 2.28. The molecule has 1 N–H and O–H groups in total. The number of aliphatic hydroxyl groups is 1. The van der Waals surface area contributed by atoms with E-state index in [0.717, 1.165) is 6.20 Å². The molecule has 0 fully saturated rings. The van der Waals surface area contributed by atoms with Gasteiger partial charge in [0.05, 0.1) is 16.2 Å². The molecule has 1 unspecified atom stereocenters. The quantitative estimate of drug-likeness (QED) is 0.905. The standard InChI is InChI=1S/C12H8Cl2FNO/c13-10-2-1-7(4-11(10)14)12(17)8-3-9(15)6-16-5-8/h1-6,12,17H. The van der Waals surface area contributed by atoms with Crippen molar-refractivity contribution in [2.24, 2.45) is 0 Å². The van der Waals surface area contributed by atoms with E-state index in [1.807, 2.05) is 0 Å². The van der Waals surface area contributed by atoms with Crippen molar-refractivity contribution >= 4 is 23.2 Å². The third-order valence-electron chi connectivity index (χ3n) is 2.30. The summed E-state index contributed by atoms with van der Waals surface area (Å²) in [7, 11) is 0. The molecular formula is C12H8Cl2FNO. The Hall–Kier alpha value is -1.16. The number of halogens is 3. The van der Waals surface area contributed by atoms with Crippen LogP contribution >= 0.6 is 23.2 Å². The van der Waals surface area contributed by atoms with Crippen LogP contribution in [0.1, 0.15) is 17.2 Å². The van der Waals surface area contributed by atoms with Gasteiger partial charge in [-0.15, -0.1) is 0 Å². The Labute approximate surface area is 108 Å². The smallest absolute Gasteiger partial charge is 0.141 e. The predicted molar refractivity (Wildman–Crippen MR) is 64.7 cm³/mol. The van der Waals surface area contributed by atoms with Gasteiger partial charge >= 0.3 is 0 Å². The summed E-state index contributed by atoms with van der Waals surface area (Å²) in [4.78, 5) is 3.68. The number of hydrogen-bond acceptors (Lipinski definition) is 2. The molecule has 2 nitrogen and oxygen atoms in total. The number of hydrogen-bond donors (Lipinski definition) is 1. The van der Waals surface area contributed by atoms with Gasteiger partial charge in [-0.2, -0.15) is 0 Å². The summed E-state index contributed by atoms with van der Waals surface area (Å²) < 4.78 is 13.0. The Morgan fingerprint density at radius 3 is 2.47 bits per heavy atom. The zero-order chi connectivity index (χ0) is 12.4. The molecule has 0 bridgehead atoms. The second kappa shape index (κ2) is 5.00. The number of nitrogens with zero attached hydrogens (tertiary/aromatic N) is 1. The molecule has 0 aliphatic heterocycles. The third-order valence-corrected chi connectivity index (χ3v) is 3.04. The van der Waals surface area contributed by atoms with Gasteiger partial charge in [0.2, 0.25) is 0 Å². The van der Waals surface area contributed by atoms with Gasteiger partial charge in [0.15, 0.2) is 0 Å². The summed E-state index contributed by atoms with van der Waals surface area (Å²) in [6, 6.07) is 5.97. The van der Waals surface area contributed by atoms with Crippen LogP contribution < -0.4 is 0 Å². The van der Waals surface area contributed by atoms with Crippen LogP contribution in [0.5, 0.6) is 0 Å². The second-order valence-corrected chi connectivity index (χ2v) is 4.33. The van der Waals surface area contributed by atoms with E-state index in [1.165, 1.54) is 12.3 Å². The highest BCUT2D eigenvalue weighted by Gasteiger charge is 2.12. The van der Waals surface area contributed by atoms with Crippen LogP contribution in [0.4, 0.5) is 4.39 Å². The van der Waals surface area contributed by atoms with Gasteiger partial charge in [-0.3, -0.25) is 4.98 Å². The number of pyridine rings is 1. The van der Waals surface area contributed by atoms with E-state index < -0.39 is 11.9 Å². The lowest BCUT2D eigenvalue weighted by atomic mass is 10.0. The molecular weight excluding hydrogens is 264 g/mol. The van der Waals surface area contributed by atoms with E-state index >= 15 is 0 Å². The van der Waals surface area contributed by atoms with Crippen LogP contribution in [-0.2, 0) is 0 Å². The SMILES string of the molecule is OC(c1cncc(F)c1)c1ccc(Cl)c(Cl)c1. The van der Waals surface area contributed by atoms with E-state index in [2.05, 4.69) is 4.98 Å². The Morgan fingerprint density at radius 2 is 1.82 bits per heavy atom. The first-order valence-corrected chi connectivity index (χ1v) is 5.57. The molecule has 2 aromatic rings. The third kappa shape index (κ3) is 2.75. The molecule has 1 aromatic heterocycles. The summed E-state index contributed by atoms with van der Waals surface area (Å²) >= 11 is 11.6. The Morgan fingerprint density at radius 1 is 1.06 bits per heavy atom. The fraction of sp³-hybridized carbons (Fsp3) is 0.0833. The second-order valence-electron chi connectivity index (χ2n) is 3.51. The molecule has 0 saturated carbocycles. The van der Waals surface area contributed by atoms with Gasteiger partial charge < -0.3 is 5.11 Å². The Balaban J connectivity index is 2.36. The topological polar surface area (TPSA) is 33.1 Å². The normalized spacial score (nSPS) is 12.5. The van der Waals surface area contributed by atoms with Crippen molar-refractivity contribution in [1.29, 1.82) is 0 Å². The molecule has 0 aliphatic carbocycles. The van der Waals surface area contributed by atoms with Crippen LogP contribution in [0.15, 0.2) is 36.7 Å². The average Bonchev–Trinajstić information content (AvgIpc) is 2.32. The summed E-state index contributed by atoms with van der Waals surface area (Å²) in [5.74, 6) is -0.499. The van der Waals surface area contributed by atoms with Gasteiger partial charge in [0, 0.05) is 11.8 Å².